The Morgan fingerprint density at radius 3 is 2.54 bits per heavy atom. The maximum atomic E-state index is 13.0. The molecule has 0 spiro atoms. The van der Waals surface area contributed by atoms with Crippen LogP contribution in [0.2, 0.25) is 0 Å². The largest absolute Gasteiger partial charge is 0.480 e. The number of carboxylic acid groups (broad SMARTS) is 2. The molecular weight excluding hydrogens is 360 g/mol. The monoisotopic (exact) mass is 388 g/mol. The van der Waals surface area contributed by atoms with E-state index < -0.39 is 30.1 Å². The van der Waals surface area contributed by atoms with Gasteiger partial charge in [0, 0.05) is 6.04 Å². The van der Waals surface area contributed by atoms with Gasteiger partial charge in [0.25, 0.3) is 0 Å². The van der Waals surface area contributed by atoms with Gasteiger partial charge in [-0.15, -0.1) is 0 Å². The Bertz CT molecular complexity index is 723. The average molecular weight is 388 g/mol. The average Bonchev–Trinajstić information content (AvgIpc) is 3.26. The molecule has 2 aliphatic rings. The number of hydrogen-bond donors (Lipinski definition) is 3. The van der Waals surface area contributed by atoms with E-state index in [1.54, 1.807) is 6.92 Å². The van der Waals surface area contributed by atoms with Crippen LogP contribution < -0.4 is 5.32 Å². The molecule has 3 rings (SSSR count). The highest BCUT2D eigenvalue weighted by Crippen LogP contribution is 2.41. The Hall–Kier alpha value is -2.41. The minimum Gasteiger partial charge on any atom is -0.480 e. The predicted molar refractivity (Wildman–Crippen MR) is 103 cm³/mol. The number of fused-ring (bicyclic) bond motifs is 1. The molecule has 0 radical (unpaired) electrons. The molecule has 28 heavy (non-hydrogen) atoms. The molecule has 1 aliphatic carbocycles. The van der Waals surface area contributed by atoms with Crippen molar-refractivity contribution in [1.29, 1.82) is 0 Å². The van der Waals surface area contributed by atoms with Crippen molar-refractivity contribution < 1.29 is 24.6 Å². The highest BCUT2D eigenvalue weighted by Gasteiger charge is 2.49. The fourth-order valence-electron chi connectivity index (χ4n) is 4.66. The van der Waals surface area contributed by atoms with E-state index in [1.165, 1.54) is 4.90 Å². The molecule has 0 bridgehead atoms. The number of aryl methyl sites for hydroxylation is 1. The van der Waals surface area contributed by atoms with Crippen molar-refractivity contribution >= 4 is 17.8 Å². The summed E-state index contributed by atoms with van der Waals surface area (Å²) in [6.45, 7) is 1.63. The number of likely N-dealkylation sites (tertiary alicyclic amines) is 1. The number of carbonyl (C=O) groups excluding carboxylic acids is 1. The van der Waals surface area contributed by atoms with Crippen molar-refractivity contribution in [2.75, 3.05) is 0 Å². The molecule has 2 fully saturated rings. The first-order chi connectivity index (χ1) is 13.4. The van der Waals surface area contributed by atoms with Crippen LogP contribution in [0, 0.1) is 5.92 Å². The number of carboxylic acids is 2. The van der Waals surface area contributed by atoms with Crippen LogP contribution in [-0.2, 0) is 20.8 Å². The predicted octanol–water partition coefficient (Wildman–Crippen LogP) is 1.90. The van der Waals surface area contributed by atoms with Crippen molar-refractivity contribution in [2.45, 2.75) is 69.6 Å². The molecule has 152 valence electrons. The summed E-state index contributed by atoms with van der Waals surface area (Å²) >= 11 is 0. The van der Waals surface area contributed by atoms with Crippen LogP contribution in [-0.4, -0.2) is 57.1 Å². The number of nitrogens with one attached hydrogen (secondary N) is 1. The van der Waals surface area contributed by atoms with Gasteiger partial charge < -0.3 is 15.1 Å². The summed E-state index contributed by atoms with van der Waals surface area (Å²) in [6, 6.07) is 7.13. The second kappa shape index (κ2) is 8.73. The standard InChI is InChI=1S/C21H28N2O5/c1-13(22-16(20(25)26)11-10-14-6-3-2-4-7-14)19(24)23-17-9-5-8-15(17)12-18(23)21(27)28/h2-4,6-7,13,15-18,22H,5,8-12H2,1H3,(H,25,26)(H,27,28)/t13-,15+,16+,17+,18+/m0/s1. The van der Waals surface area contributed by atoms with E-state index >= 15 is 0 Å². The SMILES string of the molecule is C[C@H](N[C@H](CCc1ccccc1)C(=O)O)C(=O)N1[C@@H](C(=O)O)C[C@H]2CCC[C@H]21. The molecule has 1 saturated heterocycles. The van der Waals surface area contributed by atoms with Gasteiger partial charge in [0.1, 0.15) is 12.1 Å². The molecule has 1 aliphatic heterocycles. The lowest BCUT2D eigenvalue weighted by atomic mass is 10.0. The lowest BCUT2D eigenvalue weighted by Crippen LogP contribution is -2.55. The molecule has 1 heterocycles. The zero-order valence-corrected chi connectivity index (χ0v) is 16.1. The van der Waals surface area contributed by atoms with Crippen molar-refractivity contribution in [3.05, 3.63) is 35.9 Å². The Morgan fingerprint density at radius 2 is 1.89 bits per heavy atom. The van der Waals surface area contributed by atoms with E-state index in [1.807, 2.05) is 30.3 Å². The molecule has 3 N–H and O–H groups in total. The van der Waals surface area contributed by atoms with Crippen LogP contribution in [0.25, 0.3) is 0 Å². The molecule has 7 heteroatoms. The molecule has 5 atom stereocenters. The minimum absolute atomic E-state index is 0.0366. The maximum absolute atomic E-state index is 13.0. The first-order valence-electron chi connectivity index (χ1n) is 9.96. The summed E-state index contributed by atoms with van der Waals surface area (Å²) in [6.07, 6.45) is 4.21. The molecule has 1 saturated carbocycles. The van der Waals surface area contributed by atoms with Gasteiger partial charge >= 0.3 is 11.9 Å². The van der Waals surface area contributed by atoms with Crippen molar-refractivity contribution in [2.24, 2.45) is 5.92 Å². The van der Waals surface area contributed by atoms with Gasteiger partial charge in [-0.05, 0) is 50.5 Å². The molecule has 1 aromatic rings. The van der Waals surface area contributed by atoms with Crippen LogP contribution in [0.4, 0.5) is 0 Å². The molecule has 7 nitrogen and oxygen atoms in total. The molecule has 0 aromatic heterocycles. The lowest BCUT2D eigenvalue weighted by molar-refractivity contribution is -0.151. The first kappa shape index (κ1) is 20.3. The number of carbonyl (C=O) groups is 3. The van der Waals surface area contributed by atoms with E-state index in [4.69, 9.17) is 0 Å². The summed E-state index contributed by atoms with van der Waals surface area (Å²) in [7, 11) is 0. The third-order valence-electron chi connectivity index (χ3n) is 6.06. The van der Waals surface area contributed by atoms with Gasteiger partial charge in [0.15, 0.2) is 0 Å². The van der Waals surface area contributed by atoms with Gasteiger partial charge in [0.2, 0.25) is 5.91 Å². The number of aliphatic carboxylic acids is 2. The fourth-order valence-corrected chi connectivity index (χ4v) is 4.66. The fraction of sp³-hybridized carbons (Fsp3) is 0.571. The van der Waals surface area contributed by atoms with Gasteiger partial charge in [0.05, 0.1) is 6.04 Å². The third kappa shape index (κ3) is 4.35. The topological polar surface area (TPSA) is 107 Å². The molecule has 1 amide bonds. The number of hydrogen-bond acceptors (Lipinski definition) is 4. The van der Waals surface area contributed by atoms with E-state index in [0.29, 0.717) is 19.3 Å². The number of benzene rings is 1. The summed E-state index contributed by atoms with van der Waals surface area (Å²) in [5.74, 6) is -2.06. The van der Waals surface area contributed by atoms with Gasteiger partial charge in [-0.25, -0.2) is 4.79 Å². The van der Waals surface area contributed by atoms with Crippen molar-refractivity contribution in [1.82, 2.24) is 10.2 Å². The third-order valence-corrected chi connectivity index (χ3v) is 6.06. The van der Waals surface area contributed by atoms with E-state index in [0.717, 1.165) is 24.8 Å². The Labute approximate surface area is 164 Å². The Morgan fingerprint density at radius 1 is 1.18 bits per heavy atom. The number of amides is 1. The summed E-state index contributed by atoms with van der Waals surface area (Å²) in [4.78, 5) is 37.9. The summed E-state index contributed by atoms with van der Waals surface area (Å²) in [5.41, 5.74) is 1.04. The quantitative estimate of drug-likeness (QED) is 0.628. The summed E-state index contributed by atoms with van der Waals surface area (Å²) < 4.78 is 0. The summed E-state index contributed by atoms with van der Waals surface area (Å²) in [5, 5.41) is 22.0. The Balaban J connectivity index is 1.65. The normalized spacial score (nSPS) is 25.9. The zero-order chi connectivity index (χ0) is 20.3. The highest BCUT2D eigenvalue weighted by atomic mass is 16.4. The van der Waals surface area contributed by atoms with Crippen LogP contribution >= 0.6 is 0 Å². The number of nitrogens with zero attached hydrogens (tertiary/aromatic N) is 1. The number of rotatable bonds is 8. The van der Waals surface area contributed by atoms with Crippen LogP contribution in [0.3, 0.4) is 0 Å². The smallest absolute Gasteiger partial charge is 0.326 e. The molecule has 1 aromatic carbocycles. The maximum Gasteiger partial charge on any atom is 0.326 e. The van der Waals surface area contributed by atoms with Gasteiger partial charge in [-0.2, -0.15) is 0 Å². The second-order valence-corrected chi connectivity index (χ2v) is 7.90. The van der Waals surface area contributed by atoms with Crippen molar-refractivity contribution in [3.63, 3.8) is 0 Å². The molecule has 0 unspecified atom stereocenters. The lowest BCUT2D eigenvalue weighted by Gasteiger charge is -2.31. The first-order valence-corrected chi connectivity index (χ1v) is 9.96. The van der Waals surface area contributed by atoms with Crippen LogP contribution in [0.5, 0.6) is 0 Å². The van der Waals surface area contributed by atoms with E-state index in [2.05, 4.69) is 5.32 Å². The Kier molecular flexibility index (Phi) is 6.34. The van der Waals surface area contributed by atoms with Gasteiger partial charge in [-0.3, -0.25) is 14.9 Å². The van der Waals surface area contributed by atoms with Crippen molar-refractivity contribution in [3.8, 4) is 0 Å². The van der Waals surface area contributed by atoms with Crippen LogP contribution in [0.15, 0.2) is 30.3 Å². The highest BCUT2D eigenvalue weighted by molar-refractivity contribution is 5.88. The van der Waals surface area contributed by atoms with E-state index in [9.17, 15) is 24.6 Å². The van der Waals surface area contributed by atoms with Crippen LogP contribution in [0.1, 0.15) is 44.6 Å². The second-order valence-electron chi connectivity index (χ2n) is 7.90. The zero-order valence-electron chi connectivity index (χ0n) is 16.1. The van der Waals surface area contributed by atoms with Gasteiger partial charge in [-0.1, -0.05) is 36.8 Å². The minimum atomic E-state index is -1.01. The van der Waals surface area contributed by atoms with E-state index in [-0.39, 0.29) is 17.9 Å². The molecular formula is C21H28N2O5.